The van der Waals surface area contributed by atoms with Crippen molar-refractivity contribution < 1.29 is 14.5 Å². The Hall–Kier alpha value is -3.45. The Balaban J connectivity index is 1.76. The number of benzene rings is 3. The van der Waals surface area contributed by atoms with Gasteiger partial charge < -0.3 is 15.4 Å². The van der Waals surface area contributed by atoms with Crippen LogP contribution in [0.2, 0.25) is 0 Å². The number of hydrogen-bond donors (Lipinski definition) is 2. The Morgan fingerprint density at radius 3 is 2.59 bits per heavy atom. The number of carbonyl (C=O) groups excluding carboxylic acids is 1. The fraction of sp³-hybridized carbons (Fsp3) is 0.227. The molecule has 150 valence electrons. The van der Waals surface area contributed by atoms with Crippen LogP contribution in [0.3, 0.4) is 0 Å². The number of nitro benzene ring substituents is 1. The summed E-state index contributed by atoms with van der Waals surface area (Å²) >= 11 is 0. The molecule has 7 nitrogen and oxygen atoms in total. The summed E-state index contributed by atoms with van der Waals surface area (Å²) in [6.45, 7) is 2.74. The molecule has 0 aliphatic heterocycles. The van der Waals surface area contributed by atoms with E-state index >= 15 is 0 Å². The fourth-order valence-corrected chi connectivity index (χ4v) is 3.10. The quantitative estimate of drug-likeness (QED) is 0.338. The highest BCUT2D eigenvalue weighted by Gasteiger charge is 2.19. The maximum absolute atomic E-state index is 12.7. The van der Waals surface area contributed by atoms with E-state index in [1.807, 2.05) is 49.4 Å². The Labute approximate surface area is 168 Å². The summed E-state index contributed by atoms with van der Waals surface area (Å²) in [7, 11) is 1.56. The first-order valence-electron chi connectivity index (χ1n) is 9.30. The Morgan fingerprint density at radius 1 is 1.10 bits per heavy atom. The number of nitro groups is 1. The predicted octanol–water partition coefficient (Wildman–Crippen LogP) is 4.30. The van der Waals surface area contributed by atoms with Gasteiger partial charge in [0.25, 0.3) is 11.6 Å². The van der Waals surface area contributed by atoms with Crippen LogP contribution < -0.4 is 10.6 Å². The molecule has 0 fully saturated rings. The Kier molecular flexibility index (Phi) is 6.41. The van der Waals surface area contributed by atoms with Crippen molar-refractivity contribution in [3.63, 3.8) is 0 Å². The summed E-state index contributed by atoms with van der Waals surface area (Å²) in [4.78, 5) is 23.6. The molecule has 0 aliphatic carbocycles. The molecule has 0 heterocycles. The third kappa shape index (κ3) is 4.89. The number of ether oxygens (including phenoxy) is 1. The molecule has 29 heavy (non-hydrogen) atoms. The van der Waals surface area contributed by atoms with Gasteiger partial charge in [-0.3, -0.25) is 14.9 Å². The van der Waals surface area contributed by atoms with Crippen LogP contribution in [-0.2, 0) is 4.74 Å². The van der Waals surface area contributed by atoms with Crippen molar-refractivity contribution in [2.75, 3.05) is 25.6 Å². The summed E-state index contributed by atoms with van der Waals surface area (Å²) in [5.74, 6) is -0.364. The largest absolute Gasteiger partial charge is 0.383 e. The molecule has 0 radical (unpaired) electrons. The summed E-state index contributed by atoms with van der Waals surface area (Å²) in [6.07, 6.45) is 0. The third-order valence-electron chi connectivity index (χ3n) is 4.70. The molecule has 0 spiro atoms. The first-order valence-corrected chi connectivity index (χ1v) is 9.30. The van der Waals surface area contributed by atoms with Crippen LogP contribution in [-0.4, -0.2) is 31.1 Å². The second-order valence-electron chi connectivity index (χ2n) is 6.71. The zero-order chi connectivity index (χ0) is 20.8. The van der Waals surface area contributed by atoms with E-state index in [0.29, 0.717) is 18.8 Å². The highest BCUT2D eigenvalue weighted by atomic mass is 16.6. The number of nitrogens with zero attached hydrogens (tertiary/aromatic N) is 1. The van der Waals surface area contributed by atoms with E-state index in [4.69, 9.17) is 4.74 Å². The van der Waals surface area contributed by atoms with Crippen LogP contribution >= 0.6 is 0 Å². The van der Waals surface area contributed by atoms with Gasteiger partial charge in [0, 0.05) is 25.3 Å². The van der Waals surface area contributed by atoms with Gasteiger partial charge in [-0.1, -0.05) is 36.4 Å². The van der Waals surface area contributed by atoms with Gasteiger partial charge >= 0.3 is 0 Å². The van der Waals surface area contributed by atoms with Gasteiger partial charge in [0.15, 0.2) is 0 Å². The van der Waals surface area contributed by atoms with Crippen molar-refractivity contribution >= 4 is 28.1 Å². The molecule has 1 amide bonds. The Morgan fingerprint density at radius 2 is 1.86 bits per heavy atom. The van der Waals surface area contributed by atoms with Crippen molar-refractivity contribution in [2.45, 2.75) is 13.0 Å². The monoisotopic (exact) mass is 393 g/mol. The topological polar surface area (TPSA) is 93.5 Å². The highest BCUT2D eigenvalue weighted by Crippen LogP contribution is 2.26. The second kappa shape index (κ2) is 9.16. The second-order valence-corrected chi connectivity index (χ2v) is 6.71. The van der Waals surface area contributed by atoms with Gasteiger partial charge in [-0.25, -0.2) is 0 Å². The molecule has 3 aromatic carbocycles. The maximum atomic E-state index is 12.7. The van der Waals surface area contributed by atoms with Crippen LogP contribution in [0.5, 0.6) is 0 Å². The number of fused-ring (bicyclic) bond motifs is 1. The molecular weight excluding hydrogens is 370 g/mol. The lowest BCUT2D eigenvalue weighted by Crippen LogP contribution is -2.26. The van der Waals surface area contributed by atoms with E-state index in [-0.39, 0.29) is 23.2 Å². The van der Waals surface area contributed by atoms with Gasteiger partial charge in [0.2, 0.25) is 0 Å². The molecule has 0 saturated carbocycles. The number of rotatable bonds is 8. The lowest BCUT2D eigenvalue weighted by Gasteiger charge is -2.15. The molecule has 2 N–H and O–H groups in total. The van der Waals surface area contributed by atoms with E-state index in [9.17, 15) is 14.9 Å². The van der Waals surface area contributed by atoms with Crippen molar-refractivity contribution in [3.05, 3.63) is 81.9 Å². The van der Waals surface area contributed by atoms with E-state index in [1.54, 1.807) is 19.2 Å². The molecule has 7 heteroatoms. The first kappa shape index (κ1) is 20.3. The minimum atomic E-state index is -0.501. The summed E-state index contributed by atoms with van der Waals surface area (Å²) in [5, 5.41) is 19.5. The van der Waals surface area contributed by atoms with Crippen molar-refractivity contribution in [3.8, 4) is 0 Å². The zero-order valence-corrected chi connectivity index (χ0v) is 16.3. The zero-order valence-electron chi connectivity index (χ0n) is 16.3. The summed E-state index contributed by atoms with van der Waals surface area (Å²) in [6, 6.07) is 18.2. The van der Waals surface area contributed by atoms with Crippen LogP contribution in [0, 0.1) is 10.1 Å². The molecule has 0 aliphatic rings. The molecular formula is C22H23N3O4. The summed E-state index contributed by atoms with van der Waals surface area (Å²) in [5.41, 5.74) is 1.41. The van der Waals surface area contributed by atoms with E-state index in [1.165, 1.54) is 6.07 Å². The molecule has 1 atom stereocenters. The van der Waals surface area contributed by atoms with Gasteiger partial charge in [-0.05, 0) is 41.5 Å². The van der Waals surface area contributed by atoms with Crippen molar-refractivity contribution in [1.82, 2.24) is 5.32 Å². The lowest BCUT2D eigenvalue weighted by atomic mass is 10.0. The minimum absolute atomic E-state index is 0.146. The number of hydrogen-bond acceptors (Lipinski definition) is 5. The average molecular weight is 393 g/mol. The third-order valence-corrected chi connectivity index (χ3v) is 4.70. The normalized spacial score (nSPS) is 11.8. The fourth-order valence-electron chi connectivity index (χ4n) is 3.10. The number of carbonyl (C=O) groups is 1. The van der Waals surface area contributed by atoms with Gasteiger partial charge in [0.1, 0.15) is 5.69 Å². The van der Waals surface area contributed by atoms with Crippen molar-refractivity contribution in [2.24, 2.45) is 0 Å². The smallest absolute Gasteiger partial charge is 0.293 e. The maximum Gasteiger partial charge on any atom is 0.293 e. The standard InChI is InChI=1S/C22H23N3O4/c1-15(17-8-7-16-5-3-4-6-18(16)13-17)24-22(26)19-9-10-20(23-11-12-29-2)21(14-19)25(27)28/h3-10,13-15,23H,11-12H2,1-2H3,(H,24,26). The van der Waals surface area contributed by atoms with Gasteiger partial charge in [0.05, 0.1) is 17.6 Å². The van der Waals surface area contributed by atoms with Crippen molar-refractivity contribution in [1.29, 1.82) is 0 Å². The molecule has 1 unspecified atom stereocenters. The van der Waals surface area contributed by atoms with Crippen LogP contribution in [0.1, 0.15) is 28.9 Å². The first-order chi connectivity index (χ1) is 14.0. The van der Waals surface area contributed by atoms with Gasteiger partial charge in [-0.15, -0.1) is 0 Å². The molecule has 0 saturated heterocycles. The van der Waals surface area contributed by atoms with E-state index in [2.05, 4.69) is 10.6 Å². The molecule has 0 aromatic heterocycles. The van der Waals surface area contributed by atoms with Crippen LogP contribution in [0.15, 0.2) is 60.7 Å². The van der Waals surface area contributed by atoms with Gasteiger partial charge in [-0.2, -0.15) is 0 Å². The average Bonchev–Trinajstić information content (AvgIpc) is 2.73. The number of anilines is 1. The highest BCUT2D eigenvalue weighted by molar-refractivity contribution is 5.96. The lowest BCUT2D eigenvalue weighted by molar-refractivity contribution is -0.384. The number of nitrogens with one attached hydrogen (secondary N) is 2. The minimum Gasteiger partial charge on any atom is -0.383 e. The Bertz CT molecular complexity index is 1040. The number of amides is 1. The number of methoxy groups -OCH3 is 1. The molecule has 3 rings (SSSR count). The molecule has 3 aromatic rings. The SMILES string of the molecule is COCCNc1ccc(C(=O)NC(C)c2ccc3ccccc3c2)cc1[N+](=O)[O-]. The molecule has 0 bridgehead atoms. The van der Waals surface area contributed by atoms with Crippen LogP contribution in [0.25, 0.3) is 10.8 Å². The van der Waals surface area contributed by atoms with E-state index < -0.39 is 4.92 Å². The van der Waals surface area contributed by atoms with E-state index in [0.717, 1.165) is 16.3 Å². The predicted molar refractivity (Wildman–Crippen MR) is 113 cm³/mol. The van der Waals surface area contributed by atoms with Crippen LogP contribution in [0.4, 0.5) is 11.4 Å². The summed E-state index contributed by atoms with van der Waals surface area (Å²) < 4.78 is 4.94.